The summed E-state index contributed by atoms with van der Waals surface area (Å²) in [5, 5.41) is 9.71. The van der Waals surface area contributed by atoms with Gasteiger partial charge in [-0.2, -0.15) is 14.9 Å². The zero-order chi connectivity index (χ0) is 26.1. The van der Waals surface area contributed by atoms with E-state index in [1.54, 1.807) is 4.90 Å². The van der Waals surface area contributed by atoms with Gasteiger partial charge >= 0.3 is 6.03 Å². The third-order valence-corrected chi connectivity index (χ3v) is 7.05. The molecule has 0 spiro atoms. The van der Waals surface area contributed by atoms with Crippen LogP contribution in [0.5, 0.6) is 11.5 Å². The number of rotatable bonds is 5. The number of hydrogen-bond donors (Lipinski definition) is 1. The lowest BCUT2D eigenvalue weighted by molar-refractivity contribution is 0.155. The second kappa shape index (κ2) is 9.92. The number of nitrogen functional groups attached to an aromatic ring is 1. The summed E-state index contributed by atoms with van der Waals surface area (Å²) in [6, 6.07) is 17.3. The molecule has 2 unspecified atom stereocenters. The normalized spacial score (nSPS) is 17.4. The van der Waals surface area contributed by atoms with E-state index in [1.807, 2.05) is 66.3 Å². The molecule has 0 aliphatic heterocycles. The Bertz CT molecular complexity index is 1550. The maximum Gasteiger partial charge on any atom is 0.346 e. The van der Waals surface area contributed by atoms with E-state index in [4.69, 9.17) is 15.6 Å². The third kappa shape index (κ3) is 4.42. The van der Waals surface area contributed by atoms with Gasteiger partial charge in [0.2, 0.25) is 0 Å². The first kappa shape index (κ1) is 23.6. The Morgan fingerprint density at radius 2 is 1.82 bits per heavy atom. The van der Waals surface area contributed by atoms with E-state index in [1.165, 1.54) is 23.7 Å². The van der Waals surface area contributed by atoms with Crippen LogP contribution in [0.3, 0.4) is 0 Å². The minimum absolute atomic E-state index is 0.0294. The quantitative estimate of drug-likeness (QED) is 0.365. The molecule has 2 N–H and O–H groups in total. The van der Waals surface area contributed by atoms with Crippen LogP contribution >= 0.6 is 0 Å². The van der Waals surface area contributed by atoms with Gasteiger partial charge in [0, 0.05) is 18.7 Å². The molecule has 2 atom stereocenters. The Morgan fingerprint density at radius 3 is 2.58 bits per heavy atom. The van der Waals surface area contributed by atoms with Crippen molar-refractivity contribution in [2.75, 3.05) is 12.8 Å². The van der Waals surface area contributed by atoms with Gasteiger partial charge in [0.05, 0.1) is 11.4 Å². The summed E-state index contributed by atoms with van der Waals surface area (Å²) in [5.74, 6) is 1.88. The second-order valence-corrected chi connectivity index (χ2v) is 9.40. The van der Waals surface area contributed by atoms with Crippen molar-refractivity contribution in [2.45, 2.75) is 37.8 Å². The highest BCUT2D eigenvalue weighted by Crippen LogP contribution is 2.37. The fraction of sp³-hybridized carbons (Fsp3) is 0.259. The zero-order valence-corrected chi connectivity index (χ0v) is 20.9. The largest absolute Gasteiger partial charge is 0.457 e. The minimum atomic E-state index is -0.205. The van der Waals surface area contributed by atoms with Crippen molar-refractivity contribution in [1.29, 1.82) is 0 Å². The van der Waals surface area contributed by atoms with Crippen LogP contribution < -0.4 is 10.5 Å². The van der Waals surface area contributed by atoms with E-state index in [0.717, 1.165) is 53.8 Å². The van der Waals surface area contributed by atoms with E-state index < -0.39 is 0 Å². The number of amides is 1. The molecule has 11 heteroatoms. The van der Waals surface area contributed by atoms with Crippen molar-refractivity contribution in [3.8, 4) is 22.8 Å². The van der Waals surface area contributed by atoms with Crippen LogP contribution in [0.15, 0.2) is 73.6 Å². The van der Waals surface area contributed by atoms with Gasteiger partial charge in [-0.25, -0.2) is 24.4 Å². The predicted molar refractivity (Wildman–Crippen MR) is 142 cm³/mol. The molecule has 1 aliphatic rings. The Balaban J connectivity index is 1.29. The topological polar surface area (TPSA) is 130 Å². The number of hydrogen-bond acceptors (Lipinski definition) is 8. The number of para-hydroxylation sites is 1. The van der Waals surface area contributed by atoms with Crippen LogP contribution in [-0.4, -0.2) is 58.5 Å². The highest BCUT2D eigenvalue weighted by Gasteiger charge is 2.31. The van der Waals surface area contributed by atoms with Crippen molar-refractivity contribution in [1.82, 2.24) is 39.4 Å². The van der Waals surface area contributed by atoms with Gasteiger partial charge in [-0.15, -0.1) is 0 Å². The minimum Gasteiger partial charge on any atom is -0.457 e. The van der Waals surface area contributed by atoms with E-state index in [9.17, 15) is 4.79 Å². The van der Waals surface area contributed by atoms with Crippen LogP contribution in [0.1, 0.15) is 31.7 Å². The zero-order valence-electron chi connectivity index (χ0n) is 20.9. The summed E-state index contributed by atoms with van der Waals surface area (Å²) in [4.78, 5) is 27.3. The molecule has 38 heavy (non-hydrogen) atoms. The Kier molecular flexibility index (Phi) is 6.16. The molecule has 0 saturated heterocycles. The Morgan fingerprint density at radius 1 is 1.03 bits per heavy atom. The lowest BCUT2D eigenvalue weighted by Crippen LogP contribution is -2.42. The number of anilines is 1. The van der Waals surface area contributed by atoms with Crippen LogP contribution in [0.25, 0.3) is 22.3 Å². The number of aromatic nitrogens is 7. The third-order valence-electron chi connectivity index (χ3n) is 7.05. The summed E-state index contributed by atoms with van der Waals surface area (Å²) in [5.41, 5.74) is 8.64. The van der Waals surface area contributed by atoms with Crippen molar-refractivity contribution in [3.63, 3.8) is 0 Å². The summed E-state index contributed by atoms with van der Waals surface area (Å²) >= 11 is 0. The average molecular weight is 510 g/mol. The molecular weight excluding hydrogens is 482 g/mol. The molecule has 6 rings (SSSR count). The van der Waals surface area contributed by atoms with Crippen molar-refractivity contribution in [2.24, 2.45) is 0 Å². The molecule has 1 amide bonds. The molecule has 3 heterocycles. The van der Waals surface area contributed by atoms with Crippen molar-refractivity contribution in [3.05, 3.63) is 73.6 Å². The number of nitrogens with zero attached hydrogens (tertiary/aromatic N) is 8. The standard InChI is InChI=1S/C27H27N9O2/c1-34(27(37)35-17-29-15-32-35)19-6-5-7-20(14-19)36-26-23(25(28)30-16-31-26)24(33-36)18-10-12-22(13-11-18)38-21-8-3-2-4-9-21/h2-4,8-13,15-17,19-20H,5-7,14H2,1H3,(H2,28,30,31). The van der Waals surface area contributed by atoms with Gasteiger partial charge < -0.3 is 15.4 Å². The van der Waals surface area contributed by atoms with Crippen LogP contribution in [0.2, 0.25) is 0 Å². The number of ether oxygens (including phenoxy) is 1. The lowest BCUT2D eigenvalue weighted by atomic mass is 9.90. The molecule has 192 valence electrons. The van der Waals surface area contributed by atoms with Crippen LogP contribution in [-0.2, 0) is 0 Å². The maximum atomic E-state index is 12.9. The Hall–Kier alpha value is -4.80. The number of nitrogens with two attached hydrogens (primary N) is 1. The van der Waals surface area contributed by atoms with Gasteiger partial charge in [0.15, 0.2) is 5.65 Å². The molecule has 11 nitrogen and oxygen atoms in total. The molecule has 5 aromatic rings. The average Bonchev–Trinajstić information content (AvgIpc) is 3.63. The van der Waals surface area contributed by atoms with Gasteiger partial charge in [-0.1, -0.05) is 18.2 Å². The Labute approximate surface area is 218 Å². The highest BCUT2D eigenvalue weighted by molar-refractivity contribution is 5.98. The highest BCUT2D eigenvalue weighted by atomic mass is 16.5. The lowest BCUT2D eigenvalue weighted by Gasteiger charge is -2.35. The summed E-state index contributed by atoms with van der Waals surface area (Å²) in [7, 11) is 1.81. The fourth-order valence-corrected chi connectivity index (χ4v) is 5.10. The molecular formula is C27H27N9O2. The van der Waals surface area contributed by atoms with Gasteiger partial charge in [0.25, 0.3) is 0 Å². The molecule has 0 radical (unpaired) electrons. The fourth-order valence-electron chi connectivity index (χ4n) is 5.10. The molecule has 2 aromatic carbocycles. The van der Waals surface area contributed by atoms with Crippen LogP contribution in [0, 0.1) is 0 Å². The number of carbonyl (C=O) groups is 1. The monoisotopic (exact) mass is 509 g/mol. The predicted octanol–water partition coefficient (Wildman–Crippen LogP) is 4.54. The summed E-state index contributed by atoms with van der Waals surface area (Å²) in [6.45, 7) is 0. The van der Waals surface area contributed by atoms with E-state index in [2.05, 4.69) is 20.1 Å². The first-order valence-electron chi connectivity index (χ1n) is 12.5. The van der Waals surface area contributed by atoms with E-state index in [-0.39, 0.29) is 18.1 Å². The SMILES string of the molecule is CN(C(=O)n1cncn1)C1CCCC(n2nc(-c3ccc(Oc4ccccc4)cc3)c3c(N)ncnc32)C1. The molecule has 1 fully saturated rings. The first-order valence-corrected chi connectivity index (χ1v) is 12.5. The van der Waals surface area contributed by atoms with Crippen molar-refractivity contribution < 1.29 is 9.53 Å². The van der Waals surface area contributed by atoms with Gasteiger partial charge in [-0.3, -0.25) is 0 Å². The molecule has 3 aromatic heterocycles. The number of fused-ring (bicyclic) bond motifs is 1. The molecule has 1 aliphatic carbocycles. The van der Waals surface area contributed by atoms with E-state index >= 15 is 0 Å². The maximum absolute atomic E-state index is 12.9. The van der Waals surface area contributed by atoms with Gasteiger partial charge in [-0.05, 0) is 62.1 Å². The molecule has 0 bridgehead atoms. The smallest absolute Gasteiger partial charge is 0.346 e. The summed E-state index contributed by atoms with van der Waals surface area (Å²) in [6.07, 6.45) is 7.76. The second-order valence-electron chi connectivity index (χ2n) is 9.40. The molecule has 1 saturated carbocycles. The van der Waals surface area contributed by atoms with Gasteiger partial charge in [0.1, 0.15) is 42.0 Å². The number of carbonyl (C=O) groups excluding carboxylic acids is 1. The van der Waals surface area contributed by atoms with E-state index in [0.29, 0.717) is 11.5 Å². The first-order chi connectivity index (χ1) is 18.6. The van der Waals surface area contributed by atoms with Crippen LogP contribution in [0.4, 0.5) is 10.6 Å². The summed E-state index contributed by atoms with van der Waals surface area (Å²) < 4.78 is 9.15. The van der Waals surface area contributed by atoms with Crippen molar-refractivity contribution >= 4 is 22.9 Å². The number of benzene rings is 2.